The molecule has 0 aliphatic rings. The molecule has 0 aliphatic heterocycles. The molecule has 3 aromatic rings. The average molecular weight is 376 g/mol. The highest BCUT2D eigenvalue weighted by molar-refractivity contribution is 5.84. The number of hydrogen-bond acceptors (Lipinski definition) is 2. The van der Waals surface area contributed by atoms with Gasteiger partial charge >= 0.3 is 0 Å². The standard InChI is InChI=1S/C25H29NO2/c1-5-23(21-12-11-17(3)18(4)15-21)26-25(27)24(6-2)28-22-14-13-19-9-7-8-10-20(19)16-22/h7-16,23-24H,5-6H2,1-4H3,(H,26,27). The monoisotopic (exact) mass is 375 g/mol. The van der Waals surface area contributed by atoms with Crippen molar-refractivity contribution in [2.45, 2.75) is 52.7 Å². The second-order valence-corrected chi connectivity index (χ2v) is 7.34. The molecule has 3 rings (SSSR count). The van der Waals surface area contributed by atoms with Crippen LogP contribution in [0.1, 0.15) is 49.4 Å². The maximum absolute atomic E-state index is 12.9. The van der Waals surface area contributed by atoms with E-state index in [4.69, 9.17) is 4.74 Å². The Morgan fingerprint density at radius 1 is 0.893 bits per heavy atom. The van der Waals surface area contributed by atoms with Gasteiger partial charge in [-0.2, -0.15) is 0 Å². The molecule has 0 fully saturated rings. The van der Waals surface area contributed by atoms with Crippen molar-refractivity contribution in [2.75, 3.05) is 0 Å². The molecule has 0 saturated carbocycles. The number of amides is 1. The summed E-state index contributed by atoms with van der Waals surface area (Å²) in [6.45, 7) is 8.27. The predicted molar refractivity (Wildman–Crippen MR) is 116 cm³/mol. The summed E-state index contributed by atoms with van der Waals surface area (Å²) in [4.78, 5) is 12.9. The minimum absolute atomic E-state index is 0.0129. The molecule has 0 saturated heterocycles. The summed E-state index contributed by atoms with van der Waals surface area (Å²) >= 11 is 0. The Balaban J connectivity index is 1.73. The molecule has 0 bridgehead atoms. The molecular weight excluding hydrogens is 346 g/mol. The highest BCUT2D eigenvalue weighted by atomic mass is 16.5. The Morgan fingerprint density at radius 2 is 1.64 bits per heavy atom. The number of fused-ring (bicyclic) bond motifs is 1. The van der Waals surface area contributed by atoms with Gasteiger partial charge in [0, 0.05) is 0 Å². The summed E-state index contributed by atoms with van der Waals surface area (Å²) in [5.74, 6) is 0.653. The van der Waals surface area contributed by atoms with E-state index in [0.29, 0.717) is 6.42 Å². The molecule has 0 heterocycles. The number of carbonyl (C=O) groups excluding carboxylic acids is 1. The van der Waals surface area contributed by atoms with Crippen LogP contribution in [0, 0.1) is 13.8 Å². The molecule has 28 heavy (non-hydrogen) atoms. The van der Waals surface area contributed by atoms with Gasteiger partial charge in [0.2, 0.25) is 0 Å². The van der Waals surface area contributed by atoms with E-state index in [2.05, 4.69) is 56.4 Å². The number of nitrogens with one attached hydrogen (secondary N) is 1. The Hall–Kier alpha value is -2.81. The number of ether oxygens (including phenoxy) is 1. The van der Waals surface area contributed by atoms with Crippen LogP contribution >= 0.6 is 0 Å². The second kappa shape index (κ2) is 8.92. The fourth-order valence-corrected chi connectivity index (χ4v) is 3.39. The van der Waals surface area contributed by atoms with E-state index in [1.165, 1.54) is 11.1 Å². The van der Waals surface area contributed by atoms with E-state index < -0.39 is 6.10 Å². The van der Waals surface area contributed by atoms with Crippen molar-refractivity contribution in [3.05, 3.63) is 77.4 Å². The number of hydrogen-bond donors (Lipinski definition) is 1. The highest BCUT2D eigenvalue weighted by Crippen LogP contribution is 2.23. The largest absolute Gasteiger partial charge is 0.481 e. The first-order valence-corrected chi connectivity index (χ1v) is 10.0. The normalized spacial score (nSPS) is 13.1. The summed E-state index contributed by atoms with van der Waals surface area (Å²) in [6, 6.07) is 20.5. The van der Waals surface area contributed by atoms with E-state index in [-0.39, 0.29) is 11.9 Å². The van der Waals surface area contributed by atoms with Crippen LogP contribution in [0.3, 0.4) is 0 Å². The van der Waals surface area contributed by atoms with Gasteiger partial charge in [-0.15, -0.1) is 0 Å². The quantitative estimate of drug-likeness (QED) is 0.560. The van der Waals surface area contributed by atoms with Crippen molar-refractivity contribution in [1.82, 2.24) is 5.32 Å². The van der Waals surface area contributed by atoms with Gasteiger partial charge in [0.25, 0.3) is 5.91 Å². The van der Waals surface area contributed by atoms with Crippen molar-refractivity contribution >= 4 is 16.7 Å². The highest BCUT2D eigenvalue weighted by Gasteiger charge is 2.22. The molecule has 0 aliphatic carbocycles. The Bertz CT molecular complexity index is 964. The molecule has 2 unspecified atom stereocenters. The molecular formula is C25H29NO2. The van der Waals surface area contributed by atoms with Crippen LogP contribution in [0.2, 0.25) is 0 Å². The summed E-state index contributed by atoms with van der Waals surface area (Å²) in [7, 11) is 0. The molecule has 1 amide bonds. The molecule has 3 aromatic carbocycles. The van der Waals surface area contributed by atoms with Crippen molar-refractivity contribution in [2.24, 2.45) is 0 Å². The third-order valence-electron chi connectivity index (χ3n) is 5.32. The first-order valence-electron chi connectivity index (χ1n) is 10.0. The van der Waals surface area contributed by atoms with Gasteiger partial charge in [-0.3, -0.25) is 4.79 Å². The first kappa shape index (κ1) is 19.9. The van der Waals surface area contributed by atoms with E-state index >= 15 is 0 Å². The van der Waals surface area contributed by atoms with Crippen LogP contribution in [0.25, 0.3) is 10.8 Å². The summed E-state index contributed by atoms with van der Waals surface area (Å²) in [5, 5.41) is 5.44. The lowest BCUT2D eigenvalue weighted by Gasteiger charge is -2.23. The topological polar surface area (TPSA) is 38.3 Å². The summed E-state index contributed by atoms with van der Waals surface area (Å²) in [6.07, 6.45) is 0.935. The van der Waals surface area contributed by atoms with Crippen LogP contribution in [0.5, 0.6) is 5.75 Å². The van der Waals surface area contributed by atoms with E-state index in [0.717, 1.165) is 28.5 Å². The van der Waals surface area contributed by atoms with Gasteiger partial charge in [0.1, 0.15) is 5.75 Å². The van der Waals surface area contributed by atoms with Crippen molar-refractivity contribution in [3.63, 3.8) is 0 Å². The van der Waals surface area contributed by atoms with Crippen LogP contribution in [0.4, 0.5) is 0 Å². The maximum atomic E-state index is 12.9. The van der Waals surface area contributed by atoms with Gasteiger partial charge in [-0.05, 0) is 66.3 Å². The van der Waals surface area contributed by atoms with Gasteiger partial charge in [-0.25, -0.2) is 0 Å². The van der Waals surface area contributed by atoms with Crippen LogP contribution in [-0.4, -0.2) is 12.0 Å². The fraction of sp³-hybridized carbons (Fsp3) is 0.320. The van der Waals surface area contributed by atoms with Crippen LogP contribution in [0.15, 0.2) is 60.7 Å². The van der Waals surface area contributed by atoms with E-state index in [1.54, 1.807) is 0 Å². The zero-order chi connectivity index (χ0) is 20.1. The number of benzene rings is 3. The SMILES string of the molecule is CCC(Oc1ccc2ccccc2c1)C(=O)NC(CC)c1ccc(C)c(C)c1. The van der Waals surface area contributed by atoms with Crippen LogP contribution in [-0.2, 0) is 4.79 Å². The molecule has 3 heteroatoms. The molecule has 3 nitrogen and oxygen atoms in total. The summed E-state index contributed by atoms with van der Waals surface area (Å²) < 4.78 is 6.05. The average Bonchev–Trinajstić information content (AvgIpc) is 2.72. The summed E-state index contributed by atoms with van der Waals surface area (Å²) in [5.41, 5.74) is 3.64. The Labute approximate surface area is 167 Å². The number of carbonyl (C=O) groups is 1. The second-order valence-electron chi connectivity index (χ2n) is 7.34. The number of aryl methyl sites for hydroxylation is 2. The van der Waals surface area contributed by atoms with E-state index in [1.807, 2.05) is 37.3 Å². The zero-order valence-electron chi connectivity index (χ0n) is 17.2. The molecule has 2 atom stereocenters. The van der Waals surface area contributed by atoms with Crippen molar-refractivity contribution in [1.29, 1.82) is 0 Å². The molecule has 0 spiro atoms. The number of rotatable bonds is 7. The van der Waals surface area contributed by atoms with Crippen LogP contribution < -0.4 is 10.1 Å². The van der Waals surface area contributed by atoms with Gasteiger partial charge in [-0.1, -0.05) is 62.4 Å². The van der Waals surface area contributed by atoms with Gasteiger partial charge in [0.15, 0.2) is 6.10 Å². The smallest absolute Gasteiger partial charge is 0.261 e. The maximum Gasteiger partial charge on any atom is 0.261 e. The van der Waals surface area contributed by atoms with E-state index in [9.17, 15) is 4.79 Å². The minimum atomic E-state index is -0.512. The molecule has 1 N–H and O–H groups in total. The van der Waals surface area contributed by atoms with Gasteiger partial charge in [0.05, 0.1) is 6.04 Å². The van der Waals surface area contributed by atoms with Crippen molar-refractivity contribution < 1.29 is 9.53 Å². The third-order valence-corrected chi connectivity index (χ3v) is 5.32. The predicted octanol–water partition coefficient (Wildman–Crippen LogP) is 5.88. The molecule has 146 valence electrons. The lowest BCUT2D eigenvalue weighted by molar-refractivity contribution is -0.128. The Morgan fingerprint density at radius 3 is 2.32 bits per heavy atom. The van der Waals surface area contributed by atoms with Crippen molar-refractivity contribution in [3.8, 4) is 5.75 Å². The minimum Gasteiger partial charge on any atom is -0.481 e. The zero-order valence-corrected chi connectivity index (χ0v) is 17.2. The first-order chi connectivity index (χ1) is 13.5. The Kier molecular flexibility index (Phi) is 6.35. The molecule has 0 aromatic heterocycles. The third kappa shape index (κ3) is 4.53. The fourth-order valence-electron chi connectivity index (χ4n) is 3.39. The lowest BCUT2D eigenvalue weighted by Crippen LogP contribution is -2.40. The molecule has 0 radical (unpaired) electrons. The van der Waals surface area contributed by atoms with Gasteiger partial charge < -0.3 is 10.1 Å². The lowest BCUT2D eigenvalue weighted by atomic mass is 9.99.